The molecule has 1 aromatic rings. The Hall–Kier alpha value is -2.08. The highest BCUT2D eigenvalue weighted by Crippen LogP contribution is 2.17. The van der Waals surface area contributed by atoms with E-state index in [2.05, 4.69) is 13.8 Å². The average molecular weight is 377 g/mol. The van der Waals surface area contributed by atoms with Crippen LogP contribution in [-0.2, 0) is 25.5 Å². The lowest BCUT2D eigenvalue weighted by Crippen LogP contribution is -2.39. The Kier molecular flexibility index (Phi) is 8.58. The van der Waals surface area contributed by atoms with Crippen LogP contribution in [0.2, 0.25) is 0 Å². The fraction of sp³-hybridized carbons (Fsp3) is 0.619. The molecule has 0 radical (unpaired) electrons. The molecule has 0 aromatic heterocycles. The van der Waals surface area contributed by atoms with Crippen LogP contribution in [0.25, 0.3) is 0 Å². The van der Waals surface area contributed by atoms with Gasteiger partial charge in [0.25, 0.3) is 0 Å². The molecule has 1 fully saturated rings. The molecule has 0 aliphatic carbocycles. The smallest absolute Gasteiger partial charge is 0.307 e. The third kappa shape index (κ3) is 7.59. The number of nitrogens with zero attached hydrogens (tertiary/aromatic N) is 1. The second kappa shape index (κ2) is 10.9. The Bertz CT molecular complexity index is 593. The Morgan fingerprint density at radius 2 is 2.00 bits per heavy atom. The van der Waals surface area contributed by atoms with Gasteiger partial charge in [-0.25, -0.2) is 0 Å². The summed E-state index contributed by atoms with van der Waals surface area (Å²) >= 11 is 0. The van der Waals surface area contributed by atoms with Gasteiger partial charge in [0, 0.05) is 19.7 Å². The van der Waals surface area contributed by atoms with Crippen LogP contribution in [0, 0.1) is 5.92 Å². The minimum absolute atomic E-state index is 0.00903. The molecule has 150 valence electrons. The summed E-state index contributed by atoms with van der Waals surface area (Å²) < 4.78 is 16.0. The van der Waals surface area contributed by atoms with Crippen LogP contribution in [-0.4, -0.2) is 56.3 Å². The lowest BCUT2D eigenvalue weighted by atomic mass is 10.1. The highest BCUT2D eigenvalue weighted by molar-refractivity contribution is 5.79. The number of benzene rings is 1. The second-order valence-corrected chi connectivity index (χ2v) is 7.33. The van der Waals surface area contributed by atoms with Crippen LogP contribution in [0.3, 0.4) is 0 Å². The molecule has 1 amide bonds. The summed E-state index contributed by atoms with van der Waals surface area (Å²) in [6.45, 7) is 6.48. The van der Waals surface area contributed by atoms with Gasteiger partial charge in [0.15, 0.2) is 0 Å². The highest BCUT2D eigenvalue weighted by Gasteiger charge is 2.23. The van der Waals surface area contributed by atoms with Crippen molar-refractivity contribution in [2.45, 2.75) is 45.6 Å². The van der Waals surface area contributed by atoms with E-state index >= 15 is 0 Å². The summed E-state index contributed by atoms with van der Waals surface area (Å²) in [6.07, 6.45) is 2.50. The number of esters is 1. The molecule has 1 unspecified atom stereocenters. The first-order chi connectivity index (χ1) is 13.0. The second-order valence-electron chi connectivity index (χ2n) is 7.33. The standard InChI is InChI=1S/C21H31NO5/c1-16(2)15-27-18-8-6-17(7-9-18)13-20(23)22(11-10-21(24)25-3)14-19-5-4-12-26-19/h6-9,16,19H,4-5,10-15H2,1-3H3. The van der Waals surface area contributed by atoms with E-state index in [1.165, 1.54) is 7.11 Å². The molecule has 1 aliphatic heterocycles. The van der Waals surface area contributed by atoms with Crippen LogP contribution in [0.4, 0.5) is 0 Å². The van der Waals surface area contributed by atoms with Crippen molar-refractivity contribution in [3.63, 3.8) is 0 Å². The van der Waals surface area contributed by atoms with Crippen molar-refractivity contribution < 1.29 is 23.8 Å². The molecule has 6 heteroatoms. The summed E-state index contributed by atoms with van der Waals surface area (Å²) in [5, 5.41) is 0. The zero-order valence-corrected chi connectivity index (χ0v) is 16.6. The van der Waals surface area contributed by atoms with Gasteiger partial charge in [-0.3, -0.25) is 9.59 Å². The first kappa shape index (κ1) is 21.2. The molecular weight excluding hydrogens is 346 g/mol. The van der Waals surface area contributed by atoms with Gasteiger partial charge in [0.1, 0.15) is 5.75 Å². The normalized spacial score (nSPS) is 16.4. The fourth-order valence-electron chi connectivity index (χ4n) is 2.93. The number of carbonyl (C=O) groups is 2. The number of methoxy groups -OCH3 is 1. The van der Waals surface area contributed by atoms with Gasteiger partial charge in [0.2, 0.25) is 5.91 Å². The molecule has 0 bridgehead atoms. The minimum Gasteiger partial charge on any atom is -0.493 e. The number of rotatable bonds is 10. The lowest BCUT2D eigenvalue weighted by Gasteiger charge is -2.25. The maximum absolute atomic E-state index is 12.8. The SMILES string of the molecule is COC(=O)CCN(CC1CCCO1)C(=O)Cc1ccc(OCC(C)C)cc1. The van der Waals surface area contributed by atoms with Gasteiger partial charge < -0.3 is 19.1 Å². The zero-order valence-electron chi connectivity index (χ0n) is 16.6. The first-order valence-electron chi connectivity index (χ1n) is 9.66. The Balaban J connectivity index is 1.93. The molecule has 0 spiro atoms. The number of amides is 1. The van der Waals surface area contributed by atoms with Crippen LogP contribution in [0.1, 0.15) is 38.7 Å². The average Bonchev–Trinajstić information content (AvgIpc) is 3.17. The maximum atomic E-state index is 12.8. The summed E-state index contributed by atoms with van der Waals surface area (Å²) in [5.41, 5.74) is 0.923. The van der Waals surface area contributed by atoms with Crippen molar-refractivity contribution in [1.29, 1.82) is 0 Å². The number of carbonyl (C=O) groups excluding carboxylic acids is 2. The highest BCUT2D eigenvalue weighted by atomic mass is 16.5. The van der Waals surface area contributed by atoms with Crippen molar-refractivity contribution in [2.75, 3.05) is 33.4 Å². The predicted molar refractivity (Wildman–Crippen MR) is 103 cm³/mol. The van der Waals surface area contributed by atoms with Gasteiger partial charge in [-0.2, -0.15) is 0 Å². The maximum Gasteiger partial charge on any atom is 0.307 e. The van der Waals surface area contributed by atoms with E-state index < -0.39 is 0 Å². The van der Waals surface area contributed by atoms with Gasteiger partial charge in [-0.1, -0.05) is 26.0 Å². The van der Waals surface area contributed by atoms with Crippen LogP contribution in [0.15, 0.2) is 24.3 Å². The van der Waals surface area contributed by atoms with Crippen molar-refractivity contribution in [1.82, 2.24) is 4.90 Å². The largest absolute Gasteiger partial charge is 0.493 e. The van der Waals surface area contributed by atoms with E-state index in [1.807, 2.05) is 24.3 Å². The third-order valence-electron chi connectivity index (χ3n) is 4.48. The molecule has 1 atom stereocenters. The third-order valence-corrected chi connectivity index (χ3v) is 4.48. The molecular formula is C21H31NO5. The molecule has 6 nitrogen and oxygen atoms in total. The van der Waals surface area contributed by atoms with Crippen molar-refractivity contribution >= 4 is 11.9 Å². The lowest BCUT2D eigenvalue weighted by molar-refractivity contribution is -0.142. The summed E-state index contributed by atoms with van der Waals surface area (Å²) in [4.78, 5) is 26.0. The van der Waals surface area contributed by atoms with Gasteiger partial charge in [-0.15, -0.1) is 0 Å². The van der Waals surface area contributed by atoms with E-state index in [9.17, 15) is 9.59 Å². The minimum atomic E-state index is -0.313. The summed E-state index contributed by atoms with van der Waals surface area (Å²) in [7, 11) is 1.36. The van der Waals surface area contributed by atoms with Gasteiger partial charge in [0.05, 0.1) is 32.7 Å². The van der Waals surface area contributed by atoms with Gasteiger partial charge in [-0.05, 0) is 36.5 Å². The molecule has 1 aliphatic rings. The monoisotopic (exact) mass is 377 g/mol. The molecule has 2 rings (SSSR count). The van der Waals surface area contributed by atoms with E-state index in [4.69, 9.17) is 14.2 Å². The predicted octanol–water partition coefficient (Wildman–Crippen LogP) is 2.83. The van der Waals surface area contributed by atoms with E-state index in [-0.39, 0.29) is 24.4 Å². The summed E-state index contributed by atoms with van der Waals surface area (Å²) in [6, 6.07) is 7.62. The Morgan fingerprint density at radius 1 is 1.26 bits per heavy atom. The van der Waals surface area contributed by atoms with Gasteiger partial charge >= 0.3 is 5.97 Å². The molecule has 27 heavy (non-hydrogen) atoms. The molecule has 0 N–H and O–H groups in total. The molecule has 1 aromatic carbocycles. The molecule has 1 heterocycles. The number of ether oxygens (including phenoxy) is 3. The first-order valence-corrected chi connectivity index (χ1v) is 9.66. The summed E-state index contributed by atoms with van der Waals surface area (Å²) in [5.74, 6) is 0.950. The Morgan fingerprint density at radius 3 is 2.59 bits per heavy atom. The molecule has 0 saturated carbocycles. The van der Waals surface area contributed by atoms with E-state index in [0.717, 1.165) is 30.8 Å². The fourth-order valence-corrected chi connectivity index (χ4v) is 2.93. The van der Waals surface area contributed by atoms with E-state index in [1.54, 1.807) is 4.90 Å². The topological polar surface area (TPSA) is 65.1 Å². The van der Waals surface area contributed by atoms with Crippen LogP contribution < -0.4 is 4.74 Å². The van der Waals surface area contributed by atoms with Crippen LogP contribution in [0.5, 0.6) is 5.75 Å². The van der Waals surface area contributed by atoms with Crippen LogP contribution >= 0.6 is 0 Å². The van der Waals surface area contributed by atoms with Crippen molar-refractivity contribution in [3.8, 4) is 5.75 Å². The Labute approximate surface area is 161 Å². The van der Waals surface area contributed by atoms with E-state index in [0.29, 0.717) is 32.0 Å². The number of hydrogen-bond donors (Lipinski definition) is 0. The number of hydrogen-bond acceptors (Lipinski definition) is 5. The zero-order chi connectivity index (χ0) is 19.6. The van der Waals surface area contributed by atoms with Crippen molar-refractivity contribution in [3.05, 3.63) is 29.8 Å². The van der Waals surface area contributed by atoms with Crippen molar-refractivity contribution in [2.24, 2.45) is 5.92 Å². The quantitative estimate of drug-likeness (QED) is 0.587. The molecule has 1 saturated heterocycles.